The molecule has 0 spiro atoms. The number of aliphatic hydroxyl groups excluding tert-OH is 2. The van der Waals surface area contributed by atoms with Crippen LogP contribution in [0.15, 0.2) is 29.4 Å². The molecule has 5 N–H and O–H groups in total. The van der Waals surface area contributed by atoms with Gasteiger partial charge in [0.25, 0.3) is 0 Å². The third-order valence-corrected chi connectivity index (χ3v) is 2.22. The first-order chi connectivity index (χ1) is 8.54. The summed E-state index contributed by atoms with van der Waals surface area (Å²) in [6.07, 6.45) is -2.35. The highest BCUT2D eigenvalue weighted by Crippen LogP contribution is 2.19. The molecule has 0 aliphatic carbocycles. The summed E-state index contributed by atoms with van der Waals surface area (Å²) in [7, 11) is 0. The van der Waals surface area contributed by atoms with Crippen molar-refractivity contribution in [2.45, 2.75) is 12.2 Å². The van der Waals surface area contributed by atoms with Gasteiger partial charge in [-0.1, -0.05) is 17.2 Å². The lowest BCUT2D eigenvalue weighted by Crippen LogP contribution is -2.21. The van der Waals surface area contributed by atoms with Gasteiger partial charge >= 0.3 is 6.03 Å². The van der Waals surface area contributed by atoms with Crippen molar-refractivity contribution in [3.05, 3.63) is 40.3 Å². The number of nitrogens with two attached hydrogens (primary N) is 1. The van der Waals surface area contributed by atoms with Gasteiger partial charge in [-0.2, -0.15) is 0 Å². The number of rotatable bonds is 5. The molecule has 0 aromatic heterocycles. The number of nitrogens with zero attached hydrogens (tertiary/aromatic N) is 3. The average Bonchev–Trinajstić information content (AvgIpc) is 2.35. The summed E-state index contributed by atoms with van der Waals surface area (Å²) < 4.78 is 0. The molecule has 1 aromatic carbocycles. The zero-order valence-electron chi connectivity index (χ0n) is 9.39. The standard InChI is InChI=1S/C10H13N5O3/c11-10(18)14-7-3-1-6(2-4-7)9(17)8(16)5-13-15-12/h1-4,8-9,16-17H,5H2,(H3,11,14,18). The molecule has 2 atom stereocenters. The Balaban J connectivity index is 2.71. The van der Waals surface area contributed by atoms with Crippen LogP contribution < -0.4 is 11.1 Å². The summed E-state index contributed by atoms with van der Waals surface area (Å²) in [5, 5.41) is 24.8. The van der Waals surface area contributed by atoms with E-state index in [1.54, 1.807) is 0 Å². The molecule has 8 heteroatoms. The van der Waals surface area contributed by atoms with Crippen molar-refractivity contribution in [2.75, 3.05) is 11.9 Å². The van der Waals surface area contributed by atoms with Crippen LogP contribution in [0.3, 0.4) is 0 Å². The Morgan fingerprint density at radius 3 is 2.56 bits per heavy atom. The summed E-state index contributed by atoms with van der Waals surface area (Å²) >= 11 is 0. The molecule has 0 aliphatic heterocycles. The highest BCUT2D eigenvalue weighted by molar-refractivity contribution is 5.87. The summed E-state index contributed by atoms with van der Waals surface area (Å²) in [5.74, 6) is 0. The minimum absolute atomic E-state index is 0.223. The predicted octanol–water partition coefficient (Wildman–Crippen LogP) is 0.882. The molecule has 0 aliphatic rings. The molecule has 0 fully saturated rings. The lowest BCUT2D eigenvalue weighted by molar-refractivity contribution is 0.0244. The molecular formula is C10H13N5O3. The second-order valence-electron chi connectivity index (χ2n) is 3.54. The minimum atomic E-state index is -1.18. The molecule has 1 rings (SSSR count). The van der Waals surface area contributed by atoms with Gasteiger partial charge in [0, 0.05) is 10.6 Å². The van der Waals surface area contributed by atoms with E-state index in [0.29, 0.717) is 11.3 Å². The van der Waals surface area contributed by atoms with Crippen molar-refractivity contribution in [1.29, 1.82) is 0 Å². The number of carbonyl (C=O) groups is 1. The maximum atomic E-state index is 10.6. The van der Waals surface area contributed by atoms with Crippen LogP contribution in [0.2, 0.25) is 0 Å². The molecule has 0 radical (unpaired) electrons. The number of carbonyl (C=O) groups excluding carboxylic acids is 1. The lowest BCUT2D eigenvalue weighted by Gasteiger charge is -2.16. The van der Waals surface area contributed by atoms with E-state index in [1.165, 1.54) is 24.3 Å². The van der Waals surface area contributed by atoms with E-state index in [-0.39, 0.29) is 6.54 Å². The van der Waals surface area contributed by atoms with E-state index in [4.69, 9.17) is 11.3 Å². The Hall–Kier alpha value is -2.28. The van der Waals surface area contributed by atoms with E-state index in [9.17, 15) is 15.0 Å². The summed E-state index contributed by atoms with van der Waals surface area (Å²) in [6, 6.07) is 5.42. The number of azide groups is 1. The largest absolute Gasteiger partial charge is 0.390 e. The molecule has 0 saturated carbocycles. The molecule has 2 unspecified atom stereocenters. The second kappa shape index (κ2) is 6.45. The van der Waals surface area contributed by atoms with Crippen LogP contribution in [-0.2, 0) is 0 Å². The van der Waals surface area contributed by atoms with Gasteiger partial charge < -0.3 is 21.3 Å². The highest BCUT2D eigenvalue weighted by Gasteiger charge is 2.17. The Morgan fingerprint density at radius 1 is 1.44 bits per heavy atom. The molecule has 0 saturated heterocycles. The molecule has 0 bridgehead atoms. The molecule has 2 amide bonds. The molecule has 96 valence electrons. The van der Waals surface area contributed by atoms with Gasteiger partial charge in [-0.3, -0.25) is 0 Å². The first-order valence-corrected chi connectivity index (χ1v) is 5.08. The number of primary amides is 1. The van der Waals surface area contributed by atoms with Crippen molar-refractivity contribution >= 4 is 11.7 Å². The van der Waals surface area contributed by atoms with Gasteiger partial charge in [0.1, 0.15) is 6.10 Å². The van der Waals surface area contributed by atoms with Gasteiger partial charge in [0.2, 0.25) is 0 Å². The Kier molecular flexibility index (Phi) is 4.94. The SMILES string of the molecule is [N-]=[N+]=NCC(O)C(O)c1ccc(NC(N)=O)cc1. The topological polar surface area (TPSA) is 144 Å². The molecular weight excluding hydrogens is 238 g/mol. The molecule has 18 heavy (non-hydrogen) atoms. The van der Waals surface area contributed by atoms with Crippen LogP contribution in [0.4, 0.5) is 10.5 Å². The third kappa shape index (κ3) is 3.95. The molecule has 1 aromatic rings. The van der Waals surface area contributed by atoms with Gasteiger partial charge in [-0.05, 0) is 23.2 Å². The lowest BCUT2D eigenvalue weighted by atomic mass is 10.0. The number of nitrogens with one attached hydrogen (secondary N) is 1. The van der Waals surface area contributed by atoms with Crippen LogP contribution >= 0.6 is 0 Å². The Bertz CT molecular complexity index is 455. The maximum absolute atomic E-state index is 10.6. The van der Waals surface area contributed by atoms with Crippen molar-refractivity contribution in [3.8, 4) is 0 Å². The fourth-order valence-corrected chi connectivity index (χ4v) is 1.35. The van der Waals surface area contributed by atoms with Crippen LogP contribution in [-0.4, -0.2) is 28.9 Å². The van der Waals surface area contributed by atoms with E-state index in [2.05, 4.69) is 15.3 Å². The number of urea groups is 1. The minimum Gasteiger partial charge on any atom is -0.390 e. The van der Waals surface area contributed by atoms with Gasteiger partial charge in [-0.25, -0.2) is 4.79 Å². The van der Waals surface area contributed by atoms with Crippen LogP contribution in [0, 0.1) is 0 Å². The van der Waals surface area contributed by atoms with Crippen molar-refractivity contribution in [3.63, 3.8) is 0 Å². The molecule has 0 heterocycles. The summed E-state index contributed by atoms with van der Waals surface area (Å²) in [4.78, 5) is 13.1. The molecule has 8 nitrogen and oxygen atoms in total. The number of anilines is 1. The number of hydrogen-bond donors (Lipinski definition) is 4. The number of benzene rings is 1. The van der Waals surface area contributed by atoms with E-state index >= 15 is 0 Å². The van der Waals surface area contributed by atoms with Gasteiger partial charge in [0.05, 0.1) is 12.6 Å². The zero-order valence-corrected chi connectivity index (χ0v) is 9.39. The van der Waals surface area contributed by atoms with Gasteiger partial charge in [-0.15, -0.1) is 0 Å². The predicted molar refractivity (Wildman–Crippen MR) is 64.6 cm³/mol. The fourth-order valence-electron chi connectivity index (χ4n) is 1.35. The average molecular weight is 251 g/mol. The smallest absolute Gasteiger partial charge is 0.316 e. The number of amides is 2. The highest BCUT2D eigenvalue weighted by atomic mass is 16.3. The number of aliphatic hydroxyl groups is 2. The van der Waals surface area contributed by atoms with E-state index < -0.39 is 18.2 Å². The van der Waals surface area contributed by atoms with Crippen LogP contribution in [0.5, 0.6) is 0 Å². The van der Waals surface area contributed by atoms with E-state index in [1.807, 2.05) is 0 Å². The van der Waals surface area contributed by atoms with Crippen molar-refractivity contribution in [1.82, 2.24) is 0 Å². The Morgan fingerprint density at radius 2 is 2.06 bits per heavy atom. The normalized spacial score (nSPS) is 13.2. The summed E-state index contributed by atoms with van der Waals surface area (Å²) in [6.45, 7) is -0.223. The first kappa shape index (κ1) is 13.8. The fraction of sp³-hybridized carbons (Fsp3) is 0.300. The second-order valence-corrected chi connectivity index (χ2v) is 3.54. The van der Waals surface area contributed by atoms with Crippen LogP contribution in [0.1, 0.15) is 11.7 Å². The monoisotopic (exact) mass is 251 g/mol. The van der Waals surface area contributed by atoms with E-state index in [0.717, 1.165) is 0 Å². The maximum Gasteiger partial charge on any atom is 0.316 e. The summed E-state index contributed by atoms with van der Waals surface area (Å²) in [5.41, 5.74) is 14.0. The first-order valence-electron chi connectivity index (χ1n) is 5.08. The number of hydrogen-bond acceptors (Lipinski definition) is 4. The van der Waals surface area contributed by atoms with Crippen molar-refractivity contribution < 1.29 is 15.0 Å². The van der Waals surface area contributed by atoms with Crippen LogP contribution in [0.25, 0.3) is 10.4 Å². The quantitative estimate of drug-likeness (QED) is 0.350. The van der Waals surface area contributed by atoms with Gasteiger partial charge in [0.15, 0.2) is 0 Å². The Labute approximate surface area is 103 Å². The third-order valence-electron chi connectivity index (χ3n) is 2.22. The zero-order chi connectivity index (χ0) is 13.5. The van der Waals surface area contributed by atoms with Crippen molar-refractivity contribution in [2.24, 2.45) is 10.8 Å².